The zero-order chi connectivity index (χ0) is 24.9. The molecular weight excluding hydrogens is 454 g/mol. The van der Waals surface area contributed by atoms with Gasteiger partial charge in [-0.15, -0.1) is 0 Å². The third-order valence-electron chi connectivity index (χ3n) is 6.66. The predicted molar refractivity (Wildman–Crippen MR) is 135 cm³/mol. The number of aliphatic hydroxyl groups is 2. The van der Waals surface area contributed by atoms with E-state index < -0.39 is 12.1 Å². The van der Waals surface area contributed by atoms with Gasteiger partial charge in [0.15, 0.2) is 5.82 Å². The quantitative estimate of drug-likeness (QED) is 0.329. The topological polar surface area (TPSA) is 109 Å². The molecule has 8 heteroatoms. The van der Waals surface area contributed by atoms with E-state index >= 15 is 0 Å². The van der Waals surface area contributed by atoms with E-state index in [1.807, 2.05) is 12.1 Å². The van der Waals surface area contributed by atoms with Crippen LogP contribution in [0, 0.1) is 11.8 Å². The SMILES string of the molecule is C[C@H](O)c1nccn1C(C#Cc1ccc(-c2ccc(C3CC(NCc4ncon4)C3)cc2)cc1)CO. The molecule has 5 rings (SSSR count). The first-order valence-electron chi connectivity index (χ1n) is 12.1. The van der Waals surface area contributed by atoms with Crippen molar-refractivity contribution in [2.45, 2.75) is 50.4 Å². The van der Waals surface area contributed by atoms with Gasteiger partial charge >= 0.3 is 0 Å². The molecule has 1 aliphatic carbocycles. The molecule has 2 atom stereocenters. The third-order valence-corrected chi connectivity index (χ3v) is 6.66. The van der Waals surface area contributed by atoms with Crippen LogP contribution >= 0.6 is 0 Å². The van der Waals surface area contributed by atoms with Crippen LogP contribution in [0.3, 0.4) is 0 Å². The molecule has 184 valence electrons. The van der Waals surface area contributed by atoms with Gasteiger partial charge in [0.2, 0.25) is 6.39 Å². The van der Waals surface area contributed by atoms with E-state index in [-0.39, 0.29) is 6.61 Å². The molecule has 8 nitrogen and oxygen atoms in total. The molecule has 4 aromatic rings. The Bertz CT molecular complexity index is 1310. The van der Waals surface area contributed by atoms with Crippen LogP contribution in [0.1, 0.15) is 60.6 Å². The average molecular weight is 484 g/mol. The molecular formula is C28H29N5O3. The van der Waals surface area contributed by atoms with Crippen molar-refractivity contribution in [3.05, 3.63) is 90.1 Å². The fourth-order valence-corrected chi connectivity index (χ4v) is 4.54. The van der Waals surface area contributed by atoms with Crippen LogP contribution in [0.15, 0.2) is 71.8 Å². The predicted octanol–water partition coefficient (Wildman–Crippen LogP) is 3.61. The normalized spacial score (nSPS) is 18.6. The Morgan fingerprint density at radius 3 is 2.44 bits per heavy atom. The summed E-state index contributed by atoms with van der Waals surface area (Å²) in [5.41, 5.74) is 4.52. The molecule has 1 saturated carbocycles. The summed E-state index contributed by atoms with van der Waals surface area (Å²) < 4.78 is 6.48. The van der Waals surface area contributed by atoms with Crippen molar-refractivity contribution in [3.8, 4) is 23.0 Å². The van der Waals surface area contributed by atoms with E-state index in [1.54, 1.807) is 23.9 Å². The zero-order valence-corrected chi connectivity index (χ0v) is 20.1. The van der Waals surface area contributed by atoms with E-state index in [1.165, 1.54) is 12.0 Å². The number of aromatic nitrogens is 4. The van der Waals surface area contributed by atoms with E-state index in [0.29, 0.717) is 30.2 Å². The molecule has 0 bridgehead atoms. The number of hydrogen-bond acceptors (Lipinski definition) is 7. The monoisotopic (exact) mass is 483 g/mol. The second-order valence-corrected chi connectivity index (χ2v) is 9.13. The Morgan fingerprint density at radius 1 is 1.08 bits per heavy atom. The summed E-state index contributed by atoms with van der Waals surface area (Å²) in [7, 11) is 0. The van der Waals surface area contributed by atoms with Crippen molar-refractivity contribution in [1.82, 2.24) is 25.0 Å². The molecule has 36 heavy (non-hydrogen) atoms. The van der Waals surface area contributed by atoms with E-state index in [9.17, 15) is 10.2 Å². The molecule has 0 spiro atoms. The van der Waals surface area contributed by atoms with Gasteiger partial charge in [-0.3, -0.25) is 0 Å². The van der Waals surface area contributed by atoms with Gasteiger partial charge in [-0.25, -0.2) is 4.98 Å². The highest BCUT2D eigenvalue weighted by atomic mass is 16.5. The summed E-state index contributed by atoms with van der Waals surface area (Å²) in [6, 6.07) is 16.9. The summed E-state index contributed by atoms with van der Waals surface area (Å²) in [6.07, 6.45) is 6.17. The maximum Gasteiger partial charge on any atom is 0.213 e. The fraction of sp³-hybridized carbons (Fsp3) is 0.321. The molecule has 0 radical (unpaired) electrons. The van der Waals surface area contributed by atoms with Gasteiger partial charge in [0, 0.05) is 24.0 Å². The van der Waals surface area contributed by atoms with Gasteiger partial charge in [0.25, 0.3) is 0 Å². The molecule has 0 amide bonds. The molecule has 2 aromatic heterocycles. The smallest absolute Gasteiger partial charge is 0.213 e. The minimum absolute atomic E-state index is 0.163. The van der Waals surface area contributed by atoms with Gasteiger partial charge in [0.05, 0.1) is 13.2 Å². The van der Waals surface area contributed by atoms with Crippen LogP contribution in [-0.2, 0) is 6.54 Å². The summed E-state index contributed by atoms with van der Waals surface area (Å²) >= 11 is 0. The molecule has 1 fully saturated rings. The first-order valence-corrected chi connectivity index (χ1v) is 12.1. The lowest BCUT2D eigenvalue weighted by Crippen LogP contribution is -2.39. The number of nitrogens with zero attached hydrogens (tertiary/aromatic N) is 4. The van der Waals surface area contributed by atoms with Crippen molar-refractivity contribution >= 4 is 0 Å². The maximum atomic E-state index is 9.87. The standard InChI is InChI=1S/C28H29N5O3/c1-19(35)28-29-12-13-33(28)26(17-34)11-4-20-2-5-21(6-3-20)22-7-9-23(10-8-22)24-14-25(15-24)30-16-27-31-18-36-32-27/h2-3,5-10,12-13,18-19,24-26,30,34-35H,14-17H2,1H3/t19-,24?,25?,26?/m0/s1. The molecule has 3 N–H and O–H groups in total. The van der Waals surface area contributed by atoms with E-state index in [4.69, 9.17) is 4.52 Å². The van der Waals surface area contributed by atoms with E-state index in [2.05, 4.69) is 68.7 Å². The third kappa shape index (κ3) is 5.39. The second kappa shape index (κ2) is 10.9. The number of rotatable bonds is 8. The minimum Gasteiger partial charge on any atom is -0.393 e. The number of hydrogen-bond donors (Lipinski definition) is 3. The molecule has 1 aliphatic rings. The molecule has 0 saturated heterocycles. The van der Waals surface area contributed by atoms with Crippen LogP contribution in [0.5, 0.6) is 0 Å². The Morgan fingerprint density at radius 2 is 1.81 bits per heavy atom. The lowest BCUT2D eigenvalue weighted by molar-refractivity contribution is 0.176. The highest BCUT2D eigenvalue weighted by molar-refractivity contribution is 5.64. The molecule has 2 heterocycles. The average Bonchev–Trinajstić information content (AvgIpc) is 3.57. The molecule has 1 unspecified atom stereocenters. The number of benzene rings is 2. The first-order chi connectivity index (χ1) is 17.6. The van der Waals surface area contributed by atoms with Crippen molar-refractivity contribution in [1.29, 1.82) is 0 Å². The van der Waals surface area contributed by atoms with Gasteiger partial charge in [-0.05, 0) is 54.5 Å². The van der Waals surface area contributed by atoms with Crippen LogP contribution in [-0.4, -0.2) is 42.6 Å². The van der Waals surface area contributed by atoms with Crippen LogP contribution in [0.25, 0.3) is 11.1 Å². The fourth-order valence-electron chi connectivity index (χ4n) is 4.54. The van der Waals surface area contributed by atoms with Gasteiger partial charge in [-0.1, -0.05) is 53.4 Å². The van der Waals surface area contributed by atoms with Gasteiger partial charge in [0.1, 0.15) is 18.0 Å². The Balaban J connectivity index is 1.17. The maximum absolute atomic E-state index is 9.87. The highest BCUT2D eigenvalue weighted by Crippen LogP contribution is 2.37. The largest absolute Gasteiger partial charge is 0.393 e. The summed E-state index contributed by atoms with van der Waals surface area (Å²) in [6.45, 7) is 2.12. The van der Waals surface area contributed by atoms with Crippen molar-refractivity contribution < 1.29 is 14.7 Å². The summed E-state index contributed by atoms with van der Waals surface area (Å²) in [5, 5.41) is 27.0. The summed E-state index contributed by atoms with van der Waals surface area (Å²) in [5.74, 6) is 7.97. The van der Waals surface area contributed by atoms with Crippen molar-refractivity contribution in [3.63, 3.8) is 0 Å². The van der Waals surface area contributed by atoms with Gasteiger partial charge in [-0.2, -0.15) is 4.98 Å². The lowest BCUT2D eigenvalue weighted by atomic mass is 9.75. The minimum atomic E-state index is -0.730. The van der Waals surface area contributed by atoms with Gasteiger partial charge < -0.3 is 24.6 Å². The Hall–Kier alpha value is -3.77. The van der Waals surface area contributed by atoms with E-state index in [0.717, 1.165) is 29.5 Å². The molecule has 2 aromatic carbocycles. The van der Waals surface area contributed by atoms with Crippen molar-refractivity contribution in [2.24, 2.45) is 0 Å². The Kier molecular flexibility index (Phi) is 7.23. The van der Waals surface area contributed by atoms with Crippen LogP contribution in [0.4, 0.5) is 0 Å². The number of nitrogens with one attached hydrogen (secondary N) is 1. The lowest BCUT2D eigenvalue weighted by Gasteiger charge is -2.36. The second-order valence-electron chi connectivity index (χ2n) is 9.13. The Labute approximate surface area is 210 Å². The highest BCUT2D eigenvalue weighted by Gasteiger charge is 2.30. The number of aliphatic hydroxyl groups excluding tert-OH is 2. The zero-order valence-electron chi connectivity index (χ0n) is 20.1. The first kappa shape index (κ1) is 23.9. The van der Waals surface area contributed by atoms with Crippen LogP contribution in [0.2, 0.25) is 0 Å². The van der Waals surface area contributed by atoms with Crippen LogP contribution < -0.4 is 5.32 Å². The molecule has 0 aliphatic heterocycles. The summed E-state index contributed by atoms with van der Waals surface area (Å²) in [4.78, 5) is 8.19. The number of imidazole rings is 1. The van der Waals surface area contributed by atoms with Crippen molar-refractivity contribution in [2.75, 3.05) is 6.61 Å².